The van der Waals surface area contributed by atoms with Gasteiger partial charge in [0.15, 0.2) is 11.0 Å². The van der Waals surface area contributed by atoms with Crippen LogP contribution in [0.2, 0.25) is 0 Å². The van der Waals surface area contributed by atoms with Gasteiger partial charge < -0.3 is 14.8 Å². The van der Waals surface area contributed by atoms with Crippen LogP contribution in [0.15, 0.2) is 77.7 Å². The van der Waals surface area contributed by atoms with Gasteiger partial charge >= 0.3 is 0 Å². The van der Waals surface area contributed by atoms with Gasteiger partial charge in [0, 0.05) is 10.6 Å². The molecule has 0 aliphatic rings. The molecule has 0 saturated heterocycles. The lowest BCUT2D eigenvalue weighted by atomic mass is 10.1. The van der Waals surface area contributed by atoms with Gasteiger partial charge in [0.1, 0.15) is 11.5 Å². The SMILES string of the molecule is CCOc1ccc(OCC)c(C(=O)C(Sc2ccc(C)cc2)C(=O)Nc2ccccc2)c1. The fourth-order valence-electron chi connectivity index (χ4n) is 3.09. The Bertz CT molecular complexity index is 1050. The van der Waals surface area contributed by atoms with Crippen LogP contribution < -0.4 is 14.8 Å². The van der Waals surface area contributed by atoms with E-state index in [1.807, 2.05) is 63.2 Å². The van der Waals surface area contributed by atoms with Crippen molar-refractivity contribution in [2.75, 3.05) is 18.5 Å². The molecule has 166 valence electrons. The van der Waals surface area contributed by atoms with E-state index in [1.54, 1.807) is 30.3 Å². The second-order valence-corrected chi connectivity index (χ2v) is 8.23. The number of Topliss-reactive ketones (excluding diaryl/α,β-unsaturated/α-hetero) is 1. The number of carbonyl (C=O) groups is 2. The predicted molar refractivity (Wildman–Crippen MR) is 129 cm³/mol. The number of carbonyl (C=O) groups excluding carboxylic acids is 2. The van der Waals surface area contributed by atoms with E-state index in [-0.39, 0.29) is 5.78 Å². The topological polar surface area (TPSA) is 64.6 Å². The van der Waals surface area contributed by atoms with Crippen molar-refractivity contribution in [1.29, 1.82) is 0 Å². The van der Waals surface area contributed by atoms with Crippen molar-refractivity contribution in [1.82, 2.24) is 0 Å². The minimum atomic E-state index is -1.01. The first-order chi connectivity index (χ1) is 15.5. The van der Waals surface area contributed by atoms with E-state index in [0.29, 0.717) is 36.0 Å². The Morgan fingerprint density at radius 3 is 2.25 bits per heavy atom. The minimum absolute atomic E-state index is 0.325. The summed E-state index contributed by atoms with van der Waals surface area (Å²) in [5.74, 6) is 0.259. The van der Waals surface area contributed by atoms with E-state index in [0.717, 1.165) is 10.5 Å². The first-order valence-electron chi connectivity index (χ1n) is 10.5. The van der Waals surface area contributed by atoms with E-state index in [4.69, 9.17) is 9.47 Å². The summed E-state index contributed by atoms with van der Waals surface area (Å²) >= 11 is 1.22. The summed E-state index contributed by atoms with van der Waals surface area (Å²) in [6.07, 6.45) is 0. The third-order valence-corrected chi connectivity index (χ3v) is 5.83. The second-order valence-electron chi connectivity index (χ2n) is 7.05. The van der Waals surface area contributed by atoms with Gasteiger partial charge in [-0.25, -0.2) is 0 Å². The molecule has 0 radical (unpaired) electrons. The molecule has 0 aliphatic carbocycles. The predicted octanol–water partition coefficient (Wildman–Crippen LogP) is 5.77. The third kappa shape index (κ3) is 6.14. The quantitative estimate of drug-likeness (QED) is 0.242. The van der Waals surface area contributed by atoms with Crippen molar-refractivity contribution in [3.05, 3.63) is 83.9 Å². The molecule has 1 amide bonds. The highest BCUT2D eigenvalue weighted by molar-refractivity contribution is 8.01. The number of hydrogen-bond acceptors (Lipinski definition) is 5. The minimum Gasteiger partial charge on any atom is -0.494 e. The smallest absolute Gasteiger partial charge is 0.245 e. The molecule has 6 heteroatoms. The van der Waals surface area contributed by atoms with E-state index in [1.165, 1.54) is 11.8 Å². The average molecular weight is 450 g/mol. The number of anilines is 1. The molecule has 32 heavy (non-hydrogen) atoms. The Labute approximate surface area is 193 Å². The van der Waals surface area contributed by atoms with Crippen LogP contribution in [-0.4, -0.2) is 30.2 Å². The molecule has 0 saturated carbocycles. The molecule has 1 unspecified atom stereocenters. The fourth-order valence-corrected chi connectivity index (χ4v) is 4.05. The highest BCUT2D eigenvalue weighted by Gasteiger charge is 2.31. The number of para-hydroxylation sites is 1. The maximum Gasteiger partial charge on any atom is 0.245 e. The molecule has 3 aromatic rings. The van der Waals surface area contributed by atoms with Crippen molar-refractivity contribution in [2.45, 2.75) is 30.9 Å². The van der Waals surface area contributed by atoms with Crippen LogP contribution in [0.5, 0.6) is 11.5 Å². The largest absolute Gasteiger partial charge is 0.494 e. The average Bonchev–Trinajstić information content (AvgIpc) is 2.80. The normalized spacial score (nSPS) is 11.5. The molecule has 3 aromatic carbocycles. The van der Waals surface area contributed by atoms with E-state index in [2.05, 4.69) is 5.32 Å². The van der Waals surface area contributed by atoms with Crippen molar-refractivity contribution in [3.8, 4) is 11.5 Å². The Kier molecular flexibility index (Phi) is 8.34. The summed E-state index contributed by atoms with van der Waals surface area (Å²) in [4.78, 5) is 27.8. The van der Waals surface area contributed by atoms with Crippen molar-refractivity contribution in [3.63, 3.8) is 0 Å². The second kappa shape index (κ2) is 11.4. The molecule has 0 aromatic heterocycles. The first kappa shape index (κ1) is 23.4. The molecule has 0 fully saturated rings. The number of rotatable bonds is 10. The Morgan fingerprint density at radius 2 is 1.59 bits per heavy atom. The molecule has 0 bridgehead atoms. The standard InChI is InChI=1S/C26H27NO4S/c1-4-30-20-13-16-23(31-5-2)22(17-20)24(28)25(32-21-14-11-18(3)12-15-21)26(29)27-19-9-7-6-8-10-19/h6-17,25H,4-5H2,1-3H3,(H,27,29). The summed E-state index contributed by atoms with van der Waals surface area (Å²) in [7, 11) is 0. The van der Waals surface area contributed by atoms with Crippen LogP contribution in [0.4, 0.5) is 5.69 Å². The lowest BCUT2D eigenvalue weighted by Crippen LogP contribution is -2.33. The first-order valence-corrected chi connectivity index (χ1v) is 11.4. The number of benzene rings is 3. The van der Waals surface area contributed by atoms with Crippen LogP contribution in [-0.2, 0) is 4.79 Å². The van der Waals surface area contributed by atoms with Crippen LogP contribution in [0.1, 0.15) is 29.8 Å². The Balaban J connectivity index is 1.97. The fraction of sp³-hybridized carbons (Fsp3) is 0.231. The maximum absolute atomic E-state index is 13.7. The molecule has 1 N–H and O–H groups in total. The molecule has 5 nitrogen and oxygen atoms in total. The van der Waals surface area contributed by atoms with Gasteiger partial charge in [0.25, 0.3) is 0 Å². The summed E-state index contributed by atoms with van der Waals surface area (Å²) in [6, 6.07) is 22.0. The lowest BCUT2D eigenvalue weighted by Gasteiger charge is -2.18. The Morgan fingerprint density at radius 1 is 0.906 bits per heavy atom. The highest BCUT2D eigenvalue weighted by Crippen LogP contribution is 2.32. The van der Waals surface area contributed by atoms with E-state index < -0.39 is 11.2 Å². The van der Waals surface area contributed by atoms with Crippen LogP contribution in [0, 0.1) is 6.92 Å². The van der Waals surface area contributed by atoms with Crippen LogP contribution in [0.25, 0.3) is 0 Å². The molecule has 3 rings (SSSR count). The van der Waals surface area contributed by atoms with Gasteiger partial charge in [0.2, 0.25) is 5.91 Å². The maximum atomic E-state index is 13.7. The molecule has 0 heterocycles. The number of hydrogen-bond donors (Lipinski definition) is 1. The summed E-state index contributed by atoms with van der Waals surface area (Å²) in [5.41, 5.74) is 2.06. The highest BCUT2D eigenvalue weighted by atomic mass is 32.2. The van der Waals surface area contributed by atoms with E-state index in [9.17, 15) is 9.59 Å². The number of ketones is 1. The summed E-state index contributed by atoms with van der Waals surface area (Å²) < 4.78 is 11.3. The van der Waals surface area contributed by atoms with Crippen molar-refractivity contribution < 1.29 is 19.1 Å². The molecule has 0 aliphatic heterocycles. The van der Waals surface area contributed by atoms with Gasteiger partial charge in [0.05, 0.1) is 18.8 Å². The number of amides is 1. The zero-order valence-electron chi connectivity index (χ0n) is 18.5. The molecule has 0 spiro atoms. The zero-order valence-corrected chi connectivity index (χ0v) is 19.3. The number of nitrogens with one attached hydrogen (secondary N) is 1. The van der Waals surface area contributed by atoms with Gasteiger partial charge in [-0.05, 0) is 63.2 Å². The van der Waals surface area contributed by atoms with Crippen LogP contribution in [0.3, 0.4) is 0 Å². The van der Waals surface area contributed by atoms with Crippen molar-refractivity contribution in [2.24, 2.45) is 0 Å². The molecule has 1 atom stereocenters. The number of thioether (sulfide) groups is 1. The molecular formula is C26H27NO4S. The monoisotopic (exact) mass is 449 g/mol. The van der Waals surface area contributed by atoms with Gasteiger partial charge in [-0.1, -0.05) is 35.9 Å². The molecular weight excluding hydrogens is 422 g/mol. The van der Waals surface area contributed by atoms with Crippen LogP contribution >= 0.6 is 11.8 Å². The van der Waals surface area contributed by atoms with Gasteiger partial charge in [-0.2, -0.15) is 0 Å². The van der Waals surface area contributed by atoms with Gasteiger partial charge in [-0.15, -0.1) is 11.8 Å². The Hall–Kier alpha value is -3.25. The zero-order chi connectivity index (χ0) is 22.9. The number of aryl methyl sites for hydroxylation is 1. The third-order valence-electron chi connectivity index (χ3n) is 4.62. The van der Waals surface area contributed by atoms with E-state index >= 15 is 0 Å². The van der Waals surface area contributed by atoms with Gasteiger partial charge in [-0.3, -0.25) is 9.59 Å². The number of ether oxygens (including phenoxy) is 2. The lowest BCUT2D eigenvalue weighted by molar-refractivity contribution is -0.115. The van der Waals surface area contributed by atoms with Crippen molar-refractivity contribution >= 4 is 29.1 Å². The summed E-state index contributed by atoms with van der Waals surface area (Å²) in [5, 5.41) is 1.86. The summed E-state index contributed by atoms with van der Waals surface area (Å²) in [6.45, 7) is 6.59.